The number of nitrogens with zero attached hydrogens (tertiary/aromatic N) is 3. The minimum Gasteiger partial charge on any atom is -0.493 e. The van der Waals surface area contributed by atoms with Gasteiger partial charge in [-0.15, -0.1) is 0 Å². The largest absolute Gasteiger partial charge is 0.493 e. The number of amides is 1. The molecule has 3 heterocycles. The van der Waals surface area contributed by atoms with E-state index in [1.165, 1.54) is 17.5 Å². The van der Waals surface area contributed by atoms with Crippen LogP contribution in [-0.4, -0.2) is 85.7 Å². The van der Waals surface area contributed by atoms with Crippen molar-refractivity contribution in [2.75, 3.05) is 59.1 Å². The maximum atomic E-state index is 13.1. The summed E-state index contributed by atoms with van der Waals surface area (Å²) in [6.45, 7) is 9.64. The second kappa shape index (κ2) is 9.88. The summed E-state index contributed by atoms with van der Waals surface area (Å²) < 4.78 is 11.1. The van der Waals surface area contributed by atoms with Crippen molar-refractivity contribution in [3.8, 4) is 5.75 Å². The SMILES string of the molecule is O=C(C1CC1)N(CCCN1CCOCC1)C1CCCN(Cc2ccc3c(c2)CCO3)C1. The molecule has 3 fully saturated rings. The van der Waals surface area contributed by atoms with Crippen LogP contribution in [0.3, 0.4) is 0 Å². The zero-order valence-corrected chi connectivity index (χ0v) is 18.8. The van der Waals surface area contributed by atoms with Gasteiger partial charge in [0.15, 0.2) is 0 Å². The molecule has 0 N–H and O–H groups in total. The Morgan fingerprint density at radius 1 is 1.06 bits per heavy atom. The maximum absolute atomic E-state index is 13.1. The van der Waals surface area contributed by atoms with E-state index in [2.05, 4.69) is 32.9 Å². The number of likely N-dealkylation sites (tertiary alicyclic amines) is 1. The number of morpholine rings is 1. The van der Waals surface area contributed by atoms with Crippen molar-refractivity contribution in [1.29, 1.82) is 0 Å². The Bertz CT molecular complexity index is 760. The van der Waals surface area contributed by atoms with Crippen LogP contribution in [0.2, 0.25) is 0 Å². The molecular weight excluding hydrogens is 390 g/mol. The zero-order valence-electron chi connectivity index (χ0n) is 18.8. The summed E-state index contributed by atoms with van der Waals surface area (Å²) in [5, 5.41) is 0. The second-order valence-corrected chi connectivity index (χ2v) is 9.69. The van der Waals surface area contributed by atoms with Gasteiger partial charge in [-0.25, -0.2) is 0 Å². The number of fused-ring (bicyclic) bond motifs is 1. The molecule has 1 atom stereocenters. The average molecular weight is 428 g/mol. The van der Waals surface area contributed by atoms with Gasteiger partial charge in [0.2, 0.25) is 5.91 Å². The molecular formula is C25H37N3O3. The first kappa shape index (κ1) is 21.2. The Hall–Kier alpha value is -1.63. The van der Waals surface area contributed by atoms with E-state index in [9.17, 15) is 4.79 Å². The van der Waals surface area contributed by atoms with Crippen molar-refractivity contribution in [2.45, 2.75) is 51.1 Å². The quantitative estimate of drug-likeness (QED) is 0.638. The lowest BCUT2D eigenvalue weighted by atomic mass is 10.0. The Labute approximate surface area is 186 Å². The fourth-order valence-electron chi connectivity index (χ4n) is 5.35. The van der Waals surface area contributed by atoms with Gasteiger partial charge in [0.1, 0.15) is 5.75 Å². The molecule has 1 aromatic carbocycles. The first-order chi connectivity index (χ1) is 15.3. The predicted molar refractivity (Wildman–Crippen MR) is 120 cm³/mol. The van der Waals surface area contributed by atoms with Gasteiger partial charge in [0.05, 0.1) is 19.8 Å². The number of hydrogen-bond donors (Lipinski definition) is 0. The van der Waals surface area contributed by atoms with E-state index in [4.69, 9.17) is 9.47 Å². The van der Waals surface area contributed by atoms with Crippen LogP contribution in [0.5, 0.6) is 5.75 Å². The molecule has 31 heavy (non-hydrogen) atoms. The zero-order chi connectivity index (χ0) is 21.0. The monoisotopic (exact) mass is 427 g/mol. The summed E-state index contributed by atoms with van der Waals surface area (Å²) in [5.41, 5.74) is 2.72. The fourth-order valence-corrected chi connectivity index (χ4v) is 5.35. The first-order valence-corrected chi connectivity index (χ1v) is 12.3. The van der Waals surface area contributed by atoms with Gasteiger partial charge in [0.25, 0.3) is 0 Å². The highest BCUT2D eigenvalue weighted by Crippen LogP contribution is 2.33. The highest BCUT2D eigenvalue weighted by atomic mass is 16.5. The standard InChI is InChI=1S/C25H37N3O3/c29-25(21-5-6-21)28(11-2-10-26-12-15-30-16-13-26)23-3-1-9-27(19-23)18-20-4-7-24-22(17-20)8-14-31-24/h4,7,17,21,23H,1-3,5-6,8-16,18-19H2. The third-order valence-electron chi connectivity index (χ3n) is 7.27. The molecule has 2 saturated heterocycles. The predicted octanol–water partition coefficient (Wildman–Crippen LogP) is 2.55. The summed E-state index contributed by atoms with van der Waals surface area (Å²) in [6, 6.07) is 7.03. The third kappa shape index (κ3) is 5.41. The summed E-state index contributed by atoms with van der Waals surface area (Å²) in [5.74, 6) is 1.78. The number of hydrogen-bond acceptors (Lipinski definition) is 5. The molecule has 0 spiro atoms. The van der Waals surface area contributed by atoms with Gasteiger partial charge < -0.3 is 14.4 Å². The second-order valence-electron chi connectivity index (χ2n) is 9.69. The minimum absolute atomic E-state index is 0.301. The van der Waals surface area contributed by atoms with Crippen LogP contribution in [0.1, 0.15) is 43.2 Å². The molecule has 0 aromatic heterocycles. The van der Waals surface area contributed by atoms with E-state index < -0.39 is 0 Å². The number of ether oxygens (including phenoxy) is 2. The molecule has 6 nitrogen and oxygen atoms in total. The molecule has 1 aromatic rings. The smallest absolute Gasteiger partial charge is 0.225 e. The molecule has 170 valence electrons. The van der Waals surface area contributed by atoms with Crippen molar-refractivity contribution in [1.82, 2.24) is 14.7 Å². The van der Waals surface area contributed by atoms with Crippen LogP contribution in [0.15, 0.2) is 18.2 Å². The highest BCUT2D eigenvalue weighted by molar-refractivity contribution is 5.81. The summed E-state index contributed by atoms with van der Waals surface area (Å²) in [6.07, 6.45) is 6.60. The molecule has 5 rings (SSSR count). The Morgan fingerprint density at radius 3 is 2.77 bits per heavy atom. The van der Waals surface area contributed by atoms with Crippen LogP contribution >= 0.6 is 0 Å². The number of piperidine rings is 1. The third-order valence-corrected chi connectivity index (χ3v) is 7.27. The Balaban J connectivity index is 1.18. The number of carbonyl (C=O) groups is 1. The lowest BCUT2D eigenvalue weighted by Crippen LogP contribution is -2.51. The number of carbonyl (C=O) groups excluding carboxylic acids is 1. The van der Waals surface area contributed by atoms with Gasteiger partial charge >= 0.3 is 0 Å². The number of rotatable bonds is 8. The van der Waals surface area contributed by atoms with Gasteiger partial charge in [-0.05, 0) is 55.8 Å². The lowest BCUT2D eigenvalue weighted by Gasteiger charge is -2.40. The van der Waals surface area contributed by atoms with E-state index in [0.717, 1.165) is 103 Å². The van der Waals surface area contributed by atoms with E-state index in [0.29, 0.717) is 17.9 Å². The molecule has 0 bridgehead atoms. The molecule has 1 amide bonds. The molecule has 1 aliphatic carbocycles. The van der Waals surface area contributed by atoms with Gasteiger partial charge in [-0.3, -0.25) is 14.6 Å². The van der Waals surface area contributed by atoms with Crippen molar-refractivity contribution in [3.05, 3.63) is 29.3 Å². The summed E-state index contributed by atoms with van der Waals surface area (Å²) >= 11 is 0. The topological polar surface area (TPSA) is 45.2 Å². The van der Waals surface area contributed by atoms with Crippen LogP contribution in [0.25, 0.3) is 0 Å². The molecule has 1 unspecified atom stereocenters. The number of benzene rings is 1. The highest BCUT2D eigenvalue weighted by Gasteiger charge is 2.37. The molecule has 6 heteroatoms. The van der Waals surface area contributed by atoms with E-state index >= 15 is 0 Å². The lowest BCUT2D eigenvalue weighted by molar-refractivity contribution is -0.136. The molecule has 3 aliphatic heterocycles. The Kier molecular flexibility index (Phi) is 6.77. The molecule has 0 radical (unpaired) electrons. The van der Waals surface area contributed by atoms with Crippen LogP contribution in [0, 0.1) is 5.92 Å². The minimum atomic E-state index is 0.301. The summed E-state index contributed by atoms with van der Waals surface area (Å²) in [7, 11) is 0. The maximum Gasteiger partial charge on any atom is 0.225 e. The van der Waals surface area contributed by atoms with Crippen molar-refractivity contribution in [3.63, 3.8) is 0 Å². The van der Waals surface area contributed by atoms with Crippen molar-refractivity contribution >= 4 is 5.91 Å². The van der Waals surface area contributed by atoms with E-state index in [1.54, 1.807) is 0 Å². The van der Waals surface area contributed by atoms with Gasteiger partial charge in [0, 0.05) is 57.6 Å². The van der Waals surface area contributed by atoms with Crippen LogP contribution < -0.4 is 4.74 Å². The normalized spacial score (nSPS) is 24.6. The summed E-state index contributed by atoms with van der Waals surface area (Å²) in [4.78, 5) is 20.4. The molecule has 1 saturated carbocycles. The van der Waals surface area contributed by atoms with Crippen molar-refractivity contribution < 1.29 is 14.3 Å². The Morgan fingerprint density at radius 2 is 1.94 bits per heavy atom. The van der Waals surface area contributed by atoms with E-state index in [-0.39, 0.29) is 0 Å². The first-order valence-electron chi connectivity index (χ1n) is 12.3. The van der Waals surface area contributed by atoms with Gasteiger partial charge in [-0.1, -0.05) is 12.1 Å². The fraction of sp³-hybridized carbons (Fsp3) is 0.720. The molecule has 4 aliphatic rings. The average Bonchev–Trinajstić information content (AvgIpc) is 3.55. The van der Waals surface area contributed by atoms with Gasteiger partial charge in [-0.2, -0.15) is 0 Å². The van der Waals surface area contributed by atoms with E-state index in [1.807, 2.05) is 0 Å². The van der Waals surface area contributed by atoms with Crippen molar-refractivity contribution in [2.24, 2.45) is 5.92 Å². The van der Waals surface area contributed by atoms with Crippen LogP contribution in [-0.2, 0) is 22.5 Å². The van der Waals surface area contributed by atoms with Crippen LogP contribution in [0.4, 0.5) is 0 Å².